The van der Waals surface area contributed by atoms with Crippen molar-refractivity contribution in [2.75, 3.05) is 5.43 Å². The first kappa shape index (κ1) is 12.5. The van der Waals surface area contributed by atoms with Crippen molar-refractivity contribution in [3.05, 3.63) is 24.3 Å². The summed E-state index contributed by atoms with van der Waals surface area (Å²) in [6, 6.07) is 5.62. The van der Waals surface area contributed by atoms with Crippen LogP contribution in [0.2, 0.25) is 0 Å². The molecule has 0 bridgehead atoms. The van der Waals surface area contributed by atoms with Crippen molar-refractivity contribution in [1.29, 1.82) is 0 Å². The number of benzene rings is 1. The van der Waals surface area contributed by atoms with Crippen LogP contribution >= 0.6 is 0 Å². The summed E-state index contributed by atoms with van der Waals surface area (Å²) in [7, 11) is -4.44. The fraction of sp³-hybridized carbons (Fsp3) is 0. The van der Waals surface area contributed by atoms with Crippen LogP contribution in [0.1, 0.15) is 0 Å². The van der Waals surface area contributed by atoms with Crippen molar-refractivity contribution < 1.29 is 31.8 Å². The van der Waals surface area contributed by atoms with Gasteiger partial charge >= 0.3 is 18.9 Å². The Hall–Kier alpha value is -0.513. The Morgan fingerprint density at radius 2 is 1.85 bits per heavy atom. The van der Waals surface area contributed by atoms with Gasteiger partial charge in [0.1, 0.15) is 10.1 Å². The number of hydrogen-bond acceptors (Lipinski definition) is 5. The molecule has 13 heavy (non-hydrogen) atoms. The van der Waals surface area contributed by atoms with Crippen LogP contribution in [0, 0.1) is 0 Å². The topological polar surface area (TPSA) is 95.2 Å². The Labute approximate surface area is 88.2 Å². The van der Waals surface area contributed by atoms with Gasteiger partial charge in [-0.25, -0.2) is 8.42 Å². The number of para-hydroxylation sites is 1. The van der Waals surface area contributed by atoms with E-state index >= 15 is 0 Å². The van der Waals surface area contributed by atoms with Crippen LogP contribution in [0.25, 0.3) is 0 Å². The Bertz CT molecular complexity index is 379. The van der Waals surface area contributed by atoms with E-state index in [1.54, 1.807) is 6.07 Å². The second-order valence-corrected chi connectivity index (χ2v) is 3.44. The number of nitrogen functional groups attached to an aromatic ring is 1. The van der Waals surface area contributed by atoms with Gasteiger partial charge in [-0.05, 0) is 12.1 Å². The van der Waals surface area contributed by atoms with Crippen molar-refractivity contribution in [3.63, 3.8) is 0 Å². The third-order valence-corrected chi connectivity index (χ3v) is 2.21. The van der Waals surface area contributed by atoms with E-state index in [9.17, 15) is 13.0 Å². The maximum absolute atomic E-state index is 10.6. The number of nitrogens with one attached hydrogen (secondary N) is 1. The van der Waals surface area contributed by atoms with E-state index in [0.717, 1.165) is 0 Å². The number of hydrogen-bond donors (Lipinski definition) is 2. The molecule has 0 atom stereocenters. The second-order valence-electron chi connectivity index (χ2n) is 2.09. The van der Waals surface area contributed by atoms with E-state index in [-0.39, 0.29) is 29.4 Å². The fourth-order valence-corrected chi connectivity index (χ4v) is 1.45. The van der Waals surface area contributed by atoms with Gasteiger partial charge in [0.05, 0.1) is 10.6 Å². The molecule has 0 unspecified atom stereocenters. The average molecular weight is 194 g/mol. The summed E-state index contributed by atoms with van der Waals surface area (Å²) in [5.41, 5.74) is 2.23. The summed E-state index contributed by atoms with van der Waals surface area (Å²) >= 11 is 0. The zero-order valence-corrected chi connectivity index (χ0v) is 7.84. The van der Waals surface area contributed by atoms with Crippen molar-refractivity contribution >= 4 is 15.8 Å². The van der Waals surface area contributed by atoms with Gasteiger partial charge in [-0.1, -0.05) is 12.1 Å². The molecule has 7 heteroatoms. The molecule has 0 saturated carbocycles. The van der Waals surface area contributed by atoms with E-state index in [1.165, 1.54) is 18.2 Å². The predicted octanol–water partition coefficient (Wildman–Crippen LogP) is -3.12. The van der Waals surface area contributed by atoms with E-state index in [0.29, 0.717) is 0 Å². The third-order valence-electron chi connectivity index (χ3n) is 1.31. The molecule has 0 heterocycles. The first-order valence-corrected chi connectivity index (χ1v) is 4.48. The molecule has 0 fully saturated rings. The first-order valence-electron chi connectivity index (χ1n) is 3.07. The number of nitrogens with two attached hydrogens (primary N) is 1. The monoisotopic (exact) mass is 194 g/mol. The molecule has 1 aromatic rings. The molecule has 1 aromatic carbocycles. The van der Waals surface area contributed by atoms with Crippen LogP contribution < -0.4 is 30.1 Å². The molecule has 5 nitrogen and oxygen atoms in total. The predicted molar refractivity (Wildman–Crippen MR) is 42.2 cm³/mol. The van der Waals surface area contributed by atoms with Gasteiger partial charge in [-0.3, -0.25) is 5.84 Å². The number of rotatable bonds is 2. The molecule has 0 aromatic heterocycles. The molecular weight excluding hydrogens is 187 g/mol. The summed E-state index contributed by atoms with van der Waals surface area (Å²) in [5.74, 6) is 4.99. The standard InChI is InChI=1S/C6H8N2O3S.Li/c7-8-5-3-1-2-4-6(5)12(9,10)11;/h1-4,8H,7H2,(H,9,10,11);/q;+1/p-1. The Balaban J connectivity index is 0.00000144. The van der Waals surface area contributed by atoms with E-state index in [4.69, 9.17) is 5.84 Å². The quantitative estimate of drug-likeness (QED) is 0.225. The minimum atomic E-state index is -4.44. The van der Waals surface area contributed by atoms with Crippen LogP contribution in [0.5, 0.6) is 0 Å². The van der Waals surface area contributed by atoms with Crippen molar-refractivity contribution in [3.8, 4) is 0 Å². The molecule has 3 N–H and O–H groups in total. The summed E-state index contributed by atoms with van der Waals surface area (Å²) in [5, 5.41) is 0. The molecule has 0 amide bonds. The number of anilines is 1. The van der Waals surface area contributed by atoms with E-state index in [2.05, 4.69) is 5.43 Å². The minimum Gasteiger partial charge on any atom is -0.744 e. The van der Waals surface area contributed by atoms with Crippen molar-refractivity contribution in [2.24, 2.45) is 5.84 Å². The summed E-state index contributed by atoms with van der Waals surface area (Å²) in [6.07, 6.45) is 0. The van der Waals surface area contributed by atoms with Crippen molar-refractivity contribution in [1.82, 2.24) is 0 Å². The maximum atomic E-state index is 10.6. The molecule has 1 rings (SSSR count). The van der Waals surface area contributed by atoms with E-state index in [1.807, 2.05) is 0 Å². The Morgan fingerprint density at radius 1 is 1.31 bits per heavy atom. The van der Waals surface area contributed by atoms with Gasteiger partial charge < -0.3 is 9.98 Å². The average Bonchev–Trinajstić information content (AvgIpc) is 2.03. The van der Waals surface area contributed by atoms with Crippen LogP contribution in [0.15, 0.2) is 29.2 Å². The molecule has 66 valence electrons. The molecule has 0 aliphatic heterocycles. The molecule has 0 spiro atoms. The summed E-state index contributed by atoms with van der Waals surface area (Å²) in [6.45, 7) is 0. The van der Waals surface area contributed by atoms with Crippen LogP contribution in [0.4, 0.5) is 5.69 Å². The maximum Gasteiger partial charge on any atom is 1.00 e. The van der Waals surface area contributed by atoms with E-state index < -0.39 is 10.1 Å². The molecule has 0 saturated heterocycles. The largest absolute Gasteiger partial charge is 1.00 e. The summed E-state index contributed by atoms with van der Waals surface area (Å²) in [4.78, 5) is -0.340. The normalized spacial score (nSPS) is 10.3. The fourth-order valence-electron chi connectivity index (χ4n) is 0.804. The van der Waals surface area contributed by atoms with Gasteiger partial charge in [-0.15, -0.1) is 0 Å². The Kier molecular flexibility index (Phi) is 4.46. The first-order chi connectivity index (χ1) is 5.55. The molecule has 0 aliphatic rings. The molecule has 0 aliphatic carbocycles. The molecular formula is C6H7LiN2O3S. The van der Waals surface area contributed by atoms with Crippen molar-refractivity contribution in [2.45, 2.75) is 4.90 Å². The van der Waals surface area contributed by atoms with Gasteiger partial charge in [0.2, 0.25) is 0 Å². The SMILES string of the molecule is NNc1ccccc1S(=O)(=O)[O-].[Li+]. The van der Waals surface area contributed by atoms with Crippen LogP contribution in [0.3, 0.4) is 0 Å². The third kappa shape index (κ3) is 3.03. The summed E-state index contributed by atoms with van der Waals surface area (Å²) < 4.78 is 31.7. The zero-order chi connectivity index (χ0) is 9.19. The second kappa shape index (κ2) is 4.65. The van der Waals surface area contributed by atoms with Gasteiger partial charge in [-0.2, -0.15) is 0 Å². The van der Waals surface area contributed by atoms with Crippen LogP contribution in [-0.4, -0.2) is 13.0 Å². The van der Waals surface area contributed by atoms with Gasteiger partial charge in [0, 0.05) is 0 Å². The zero-order valence-electron chi connectivity index (χ0n) is 7.02. The smallest absolute Gasteiger partial charge is 0.744 e. The number of hydrazine groups is 1. The van der Waals surface area contributed by atoms with Gasteiger partial charge in [0.15, 0.2) is 0 Å². The van der Waals surface area contributed by atoms with Crippen LogP contribution in [-0.2, 0) is 10.1 Å². The van der Waals surface area contributed by atoms with Gasteiger partial charge in [0.25, 0.3) is 0 Å². The molecule has 0 radical (unpaired) electrons. The minimum absolute atomic E-state index is 0. The Morgan fingerprint density at radius 3 is 2.23 bits per heavy atom.